The molecule has 0 atom stereocenters. The molecule has 142 valence electrons. The molecule has 1 aromatic heterocycles. The Bertz CT molecular complexity index is 955. The van der Waals surface area contributed by atoms with Crippen molar-refractivity contribution in [1.82, 2.24) is 10.3 Å². The summed E-state index contributed by atoms with van der Waals surface area (Å²) in [5.41, 5.74) is 1.40. The summed E-state index contributed by atoms with van der Waals surface area (Å²) in [4.78, 5) is 16.1. The number of hydrogen-bond acceptors (Lipinski definition) is 3. The Balaban J connectivity index is 1.54. The highest BCUT2D eigenvalue weighted by Gasteiger charge is 2.05. The Morgan fingerprint density at radius 3 is 2.57 bits per heavy atom. The molecule has 3 rings (SSSR count). The largest absolute Gasteiger partial charge is 0.487 e. The molecule has 0 spiro atoms. The van der Waals surface area contributed by atoms with E-state index in [1.54, 1.807) is 6.20 Å². The van der Waals surface area contributed by atoms with E-state index in [-0.39, 0.29) is 12.1 Å². The van der Waals surface area contributed by atoms with Gasteiger partial charge >= 0.3 is 0 Å². The van der Waals surface area contributed by atoms with Crippen LogP contribution in [0.4, 0.5) is 8.78 Å². The first-order valence-electron chi connectivity index (χ1n) is 8.63. The van der Waals surface area contributed by atoms with Crippen LogP contribution >= 0.6 is 0 Å². The lowest BCUT2D eigenvalue weighted by molar-refractivity contribution is -0.116. The molecule has 1 amide bonds. The number of hydrogen-bond donors (Lipinski definition) is 1. The van der Waals surface area contributed by atoms with Gasteiger partial charge in [-0.1, -0.05) is 24.3 Å². The van der Waals surface area contributed by atoms with Crippen LogP contribution in [-0.2, 0) is 17.9 Å². The number of carbonyl (C=O) groups is 1. The van der Waals surface area contributed by atoms with Crippen LogP contribution < -0.4 is 10.1 Å². The van der Waals surface area contributed by atoms with Crippen LogP contribution in [0.25, 0.3) is 6.08 Å². The van der Waals surface area contributed by atoms with Crippen LogP contribution in [0.1, 0.15) is 16.8 Å². The molecule has 28 heavy (non-hydrogen) atoms. The van der Waals surface area contributed by atoms with Crippen molar-refractivity contribution in [3.8, 4) is 5.75 Å². The van der Waals surface area contributed by atoms with E-state index in [9.17, 15) is 13.6 Å². The number of amides is 1. The number of benzene rings is 2. The van der Waals surface area contributed by atoms with Crippen molar-refractivity contribution in [1.29, 1.82) is 0 Å². The van der Waals surface area contributed by atoms with Gasteiger partial charge in [0, 0.05) is 24.4 Å². The summed E-state index contributed by atoms with van der Waals surface area (Å²) >= 11 is 0. The third-order valence-electron chi connectivity index (χ3n) is 3.88. The number of nitrogens with zero attached hydrogens (tertiary/aromatic N) is 1. The van der Waals surface area contributed by atoms with Crippen molar-refractivity contribution in [2.75, 3.05) is 0 Å². The van der Waals surface area contributed by atoms with Gasteiger partial charge in [-0.25, -0.2) is 8.78 Å². The molecular formula is C22H18F2N2O2. The van der Waals surface area contributed by atoms with Crippen LogP contribution in [0, 0.1) is 11.6 Å². The van der Waals surface area contributed by atoms with E-state index in [0.29, 0.717) is 12.4 Å². The number of nitrogens with one attached hydrogen (secondary N) is 1. The molecule has 1 heterocycles. The molecule has 0 saturated carbocycles. The number of pyridine rings is 1. The third kappa shape index (κ3) is 5.48. The second-order valence-electron chi connectivity index (χ2n) is 5.94. The Morgan fingerprint density at radius 2 is 1.82 bits per heavy atom. The van der Waals surface area contributed by atoms with E-state index in [4.69, 9.17) is 4.74 Å². The molecule has 0 bridgehead atoms. The van der Waals surface area contributed by atoms with Crippen LogP contribution in [-0.4, -0.2) is 10.9 Å². The van der Waals surface area contributed by atoms with E-state index >= 15 is 0 Å². The van der Waals surface area contributed by atoms with Gasteiger partial charge < -0.3 is 10.1 Å². The first kappa shape index (κ1) is 19.2. The fourth-order valence-corrected chi connectivity index (χ4v) is 2.46. The average Bonchev–Trinajstić information content (AvgIpc) is 2.71. The predicted molar refractivity (Wildman–Crippen MR) is 102 cm³/mol. The van der Waals surface area contributed by atoms with Crippen molar-refractivity contribution >= 4 is 12.0 Å². The molecule has 1 N–H and O–H groups in total. The molecule has 0 saturated heterocycles. The Labute approximate surface area is 161 Å². The number of carbonyl (C=O) groups excluding carboxylic acids is 1. The normalized spacial score (nSPS) is 10.8. The van der Waals surface area contributed by atoms with Crippen molar-refractivity contribution in [3.05, 3.63) is 101 Å². The van der Waals surface area contributed by atoms with E-state index < -0.39 is 17.5 Å². The molecule has 3 aromatic rings. The zero-order chi connectivity index (χ0) is 19.8. The fourth-order valence-electron chi connectivity index (χ4n) is 2.46. The first-order valence-corrected chi connectivity index (χ1v) is 8.63. The zero-order valence-electron chi connectivity index (χ0n) is 14.9. The highest BCUT2D eigenvalue weighted by Crippen LogP contribution is 2.15. The molecule has 0 aliphatic heterocycles. The quantitative estimate of drug-likeness (QED) is 0.623. The third-order valence-corrected chi connectivity index (χ3v) is 3.88. The lowest BCUT2D eigenvalue weighted by Crippen LogP contribution is -2.20. The lowest BCUT2D eigenvalue weighted by atomic mass is 10.2. The number of rotatable bonds is 7. The van der Waals surface area contributed by atoms with Crippen LogP contribution in [0.2, 0.25) is 0 Å². The Kier molecular flexibility index (Phi) is 6.46. The minimum absolute atomic E-state index is 0.248. The van der Waals surface area contributed by atoms with E-state index in [2.05, 4.69) is 10.3 Å². The second kappa shape index (κ2) is 9.41. The standard InChI is InChI=1S/C22H18F2N2O2/c23-20-8-4-9-21(24)19(20)10-11-22(27)26-14-16-5-3-7-18(13-16)28-15-17-6-1-2-12-25-17/h1-13H,14-15H2,(H,26,27)/b11-10+. The molecule has 0 fully saturated rings. The summed E-state index contributed by atoms with van der Waals surface area (Å²) in [6.45, 7) is 0.595. The summed E-state index contributed by atoms with van der Waals surface area (Å²) in [5.74, 6) is -1.24. The fraction of sp³-hybridized carbons (Fsp3) is 0.0909. The molecule has 0 aliphatic carbocycles. The summed E-state index contributed by atoms with van der Waals surface area (Å²) < 4.78 is 32.8. The van der Waals surface area contributed by atoms with Crippen molar-refractivity contribution in [2.24, 2.45) is 0 Å². The highest BCUT2D eigenvalue weighted by molar-refractivity contribution is 5.91. The molecular weight excluding hydrogens is 362 g/mol. The molecule has 4 nitrogen and oxygen atoms in total. The van der Waals surface area contributed by atoms with Gasteiger partial charge in [0.2, 0.25) is 5.91 Å². The maximum absolute atomic E-state index is 13.6. The average molecular weight is 380 g/mol. The predicted octanol–water partition coefficient (Wildman–Crippen LogP) is 4.27. The summed E-state index contributed by atoms with van der Waals surface area (Å²) in [7, 11) is 0. The highest BCUT2D eigenvalue weighted by atomic mass is 19.1. The Morgan fingerprint density at radius 1 is 1.04 bits per heavy atom. The molecule has 2 aromatic carbocycles. The summed E-state index contributed by atoms with van der Waals surface area (Å²) in [6.07, 6.45) is 3.92. The van der Waals surface area contributed by atoms with E-state index in [0.717, 1.165) is 35.5 Å². The van der Waals surface area contributed by atoms with E-state index in [1.807, 2.05) is 42.5 Å². The van der Waals surface area contributed by atoms with Gasteiger partial charge in [0.25, 0.3) is 0 Å². The van der Waals surface area contributed by atoms with E-state index in [1.165, 1.54) is 6.07 Å². The number of ether oxygens (including phenoxy) is 1. The lowest BCUT2D eigenvalue weighted by Gasteiger charge is -2.08. The van der Waals surface area contributed by atoms with Gasteiger partial charge in [0.1, 0.15) is 24.0 Å². The van der Waals surface area contributed by atoms with Crippen molar-refractivity contribution in [2.45, 2.75) is 13.2 Å². The van der Waals surface area contributed by atoms with Gasteiger partial charge in [-0.2, -0.15) is 0 Å². The Hall–Kier alpha value is -3.54. The van der Waals surface area contributed by atoms with Crippen LogP contribution in [0.5, 0.6) is 5.75 Å². The SMILES string of the molecule is O=C(/C=C/c1c(F)cccc1F)NCc1cccc(OCc2ccccn2)c1. The van der Waals surface area contributed by atoms with Crippen LogP contribution in [0.3, 0.4) is 0 Å². The van der Waals surface area contributed by atoms with Gasteiger partial charge in [0.15, 0.2) is 0 Å². The van der Waals surface area contributed by atoms with Crippen LogP contribution in [0.15, 0.2) is 72.9 Å². The topological polar surface area (TPSA) is 51.2 Å². The molecule has 0 radical (unpaired) electrons. The smallest absolute Gasteiger partial charge is 0.244 e. The molecule has 0 aliphatic rings. The van der Waals surface area contributed by atoms with Gasteiger partial charge in [-0.3, -0.25) is 9.78 Å². The van der Waals surface area contributed by atoms with Gasteiger partial charge in [-0.05, 0) is 48.0 Å². The molecule has 6 heteroatoms. The maximum Gasteiger partial charge on any atom is 0.244 e. The zero-order valence-corrected chi connectivity index (χ0v) is 14.9. The minimum Gasteiger partial charge on any atom is -0.487 e. The number of aromatic nitrogens is 1. The number of halogens is 2. The summed E-state index contributed by atoms with van der Waals surface area (Å²) in [5, 5.41) is 2.67. The van der Waals surface area contributed by atoms with Gasteiger partial charge in [-0.15, -0.1) is 0 Å². The van der Waals surface area contributed by atoms with Crippen molar-refractivity contribution in [3.63, 3.8) is 0 Å². The summed E-state index contributed by atoms with van der Waals surface area (Å²) in [6, 6.07) is 16.4. The minimum atomic E-state index is -0.721. The van der Waals surface area contributed by atoms with Crippen molar-refractivity contribution < 1.29 is 18.3 Å². The first-order chi connectivity index (χ1) is 13.6. The molecule has 0 unspecified atom stereocenters. The maximum atomic E-state index is 13.6. The second-order valence-corrected chi connectivity index (χ2v) is 5.94. The monoisotopic (exact) mass is 380 g/mol. The van der Waals surface area contributed by atoms with Gasteiger partial charge in [0.05, 0.1) is 5.69 Å².